The van der Waals surface area contributed by atoms with Gasteiger partial charge in [-0.25, -0.2) is 14.4 Å². The summed E-state index contributed by atoms with van der Waals surface area (Å²) in [5, 5.41) is 2.80. The van der Waals surface area contributed by atoms with E-state index >= 15 is 0 Å². The van der Waals surface area contributed by atoms with Crippen molar-refractivity contribution in [2.45, 2.75) is 44.7 Å². The van der Waals surface area contributed by atoms with Crippen LogP contribution in [0.25, 0.3) is 16.6 Å². The zero-order chi connectivity index (χ0) is 24.9. The van der Waals surface area contributed by atoms with Crippen LogP contribution in [0.15, 0.2) is 41.7 Å². The number of carbonyl (C=O) groups is 2. The quantitative estimate of drug-likeness (QED) is 0.428. The Morgan fingerprint density at radius 2 is 2.06 bits per heavy atom. The number of benzene rings is 1. The van der Waals surface area contributed by atoms with Crippen LogP contribution in [0.3, 0.4) is 0 Å². The molecule has 4 rings (SSSR count). The van der Waals surface area contributed by atoms with Gasteiger partial charge in [-0.2, -0.15) is 0 Å². The number of primary amides is 1. The summed E-state index contributed by atoms with van der Waals surface area (Å²) in [6.07, 6.45) is 8.52. The van der Waals surface area contributed by atoms with Crippen LogP contribution in [0.4, 0.5) is 4.39 Å². The Labute approximate surface area is 202 Å². The molecular formula is C25H28FN7O2. The third-order valence-corrected chi connectivity index (χ3v) is 6.13. The molecule has 9 nitrogen and oxygen atoms in total. The number of hydrogen-bond acceptors (Lipinski definition) is 6. The van der Waals surface area contributed by atoms with Gasteiger partial charge in [-0.1, -0.05) is 12.8 Å². The Morgan fingerprint density at radius 1 is 1.29 bits per heavy atom. The largest absolute Gasteiger partial charge is 0.404 e. The van der Waals surface area contributed by atoms with E-state index in [2.05, 4.69) is 15.3 Å². The molecule has 2 amide bonds. The predicted molar refractivity (Wildman–Crippen MR) is 132 cm³/mol. The van der Waals surface area contributed by atoms with E-state index in [9.17, 15) is 14.0 Å². The summed E-state index contributed by atoms with van der Waals surface area (Å²) >= 11 is 0. The number of imidazole rings is 1. The zero-order valence-electron chi connectivity index (χ0n) is 19.5. The van der Waals surface area contributed by atoms with E-state index in [0.29, 0.717) is 27.7 Å². The number of carbonyl (C=O) groups excluding carboxylic acids is 2. The molecule has 0 unspecified atom stereocenters. The number of nitrogens with two attached hydrogens (primary N) is 2. The monoisotopic (exact) mass is 477 g/mol. The Balaban J connectivity index is 1.65. The van der Waals surface area contributed by atoms with Gasteiger partial charge in [-0.15, -0.1) is 0 Å². The lowest BCUT2D eigenvalue weighted by molar-refractivity contribution is -0.118. The normalized spacial score (nSPS) is 14.7. The highest BCUT2D eigenvalue weighted by Gasteiger charge is 2.27. The second-order valence-corrected chi connectivity index (χ2v) is 8.57. The van der Waals surface area contributed by atoms with E-state index in [-0.39, 0.29) is 24.7 Å². The molecule has 1 saturated carbocycles. The van der Waals surface area contributed by atoms with Crippen molar-refractivity contribution in [2.24, 2.45) is 16.5 Å². The van der Waals surface area contributed by atoms with E-state index in [4.69, 9.17) is 16.5 Å². The summed E-state index contributed by atoms with van der Waals surface area (Å²) < 4.78 is 16.0. The van der Waals surface area contributed by atoms with Crippen LogP contribution in [0.2, 0.25) is 0 Å². The minimum Gasteiger partial charge on any atom is -0.404 e. The Morgan fingerprint density at radius 3 is 2.74 bits per heavy atom. The molecule has 10 heteroatoms. The number of nitrogens with zero attached hydrogens (tertiary/aromatic N) is 4. The number of amides is 2. The molecule has 2 aromatic heterocycles. The van der Waals surface area contributed by atoms with Crippen LogP contribution >= 0.6 is 0 Å². The highest BCUT2D eigenvalue weighted by atomic mass is 19.1. The van der Waals surface area contributed by atoms with Crippen molar-refractivity contribution in [1.29, 1.82) is 0 Å². The molecule has 1 aliphatic rings. The van der Waals surface area contributed by atoms with Gasteiger partial charge in [0.2, 0.25) is 5.91 Å². The number of halogens is 1. The SMILES string of the molecule is CN=CC(=CN)c1cc(F)cc(CNC(=O)c2nccc3nc(C4CCCC4)n(CC(N)=O)c23)c1. The predicted octanol–water partition coefficient (Wildman–Crippen LogP) is 2.64. The number of hydrogen-bond donors (Lipinski definition) is 3. The zero-order valence-corrected chi connectivity index (χ0v) is 19.5. The molecule has 1 aliphatic carbocycles. The maximum atomic E-state index is 14.3. The number of allylic oxidation sites excluding steroid dienone is 1. The molecule has 0 aliphatic heterocycles. The topological polar surface area (TPSA) is 141 Å². The Kier molecular flexibility index (Phi) is 7.19. The molecule has 3 aromatic rings. The Bertz CT molecular complexity index is 1320. The van der Waals surface area contributed by atoms with Gasteiger partial charge in [0.05, 0.1) is 5.52 Å². The fourth-order valence-corrected chi connectivity index (χ4v) is 4.61. The number of fused-ring (bicyclic) bond motifs is 1. The number of pyridine rings is 1. The summed E-state index contributed by atoms with van der Waals surface area (Å²) in [4.78, 5) is 38.0. The molecule has 35 heavy (non-hydrogen) atoms. The van der Waals surface area contributed by atoms with E-state index in [0.717, 1.165) is 31.5 Å². The third-order valence-electron chi connectivity index (χ3n) is 6.13. The van der Waals surface area contributed by atoms with Crippen LogP contribution in [0.1, 0.15) is 59.0 Å². The standard InChI is InChI=1S/C25H28FN7O2/c1-29-13-18(11-27)17-8-15(9-19(26)10-17)12-31-25(35)22-23-20(6-7-30-22)32-24(16-4-2-3-5-16)33(23)14-21(28)34/h6-11,13,16H,2-5,12,14,27H2,1H3,(H2,28,34)(H,31,35). The minimum atomic E-state index is -0.523. The summed E-state index contributed by atoms with van der Waals surface area (Å²) in [6.45, 7) is -0.0308. The van der Waals surface area contributed by atoms with Gasteiger partial charge in [0.15, 0.2) is 5.69 Å². The molecule has 0 radical (unpaired) electrons. The molecule has 0 atom stereocenters. The van der Waals surface area contributed by atoms with Crippen LogP contribution in [-0.2, 0) is 17.9 Å². The van der Waals surface area contributed by atoms with E-state index in [1.807, 2.05) is 0 Å². The van der Waals surface area contributed by atoms with Gasteiger partial charge >= 0.3 is 0 Å². The fraction of sp³-hybridized carbons (Fsp3) is 0.320. The molecule has 0 bridgehead atoms. The van der Waals surface area contributed by atoms with Crippen molar-refractivity contribution < 1.29 is 14.0 Å². The highest BCUT2D eigenvalue weighted by molar-refractivity contribution is 6.09. The van der Waals surface area contributed by atoms with E-state index < -0.39 is 17.6 Å². The number of nitrogens with one attached hydrogen (secondary N) is 1. The van der Waals surface area contributed by atoms with Crippen molar-refractivity contribution in [2.75, 3.05) is 7.05 Å². The van der Waals surface area contributed by atoms with Gasteiger partial charge < -0.3 is 21.4 Å². The van der Waals surface area contributed by atoms with Crippen LogP contribution < -0.4 is 16.8 Å². The summed E-state index contributed by atoms with van der Waals surface area (Å²) in [5.41, 5.74) is 14.0. The number of rotatable bonds is 8. The third kappa shape index (κ3) is 5.21. The lowest BCUT2D eigenvalue weighted by Crippen LogP contribution is -2.26. The number of aromatic nitrogens is 3. The van der Waals surface area contributed by atoms with Gasteiger partial charge in [-0.05, 0) is 48.2 Å². The lowest BCUT2D eigenvalue weighted by Gasteiger charge is -2.13. The highest BCUT2D eigenvalue weighted by Crippen LogP contribution is 2.35. The average molecular weight is 478 g/mol. The summed E-state index contributed by atoms with van der Waals surface area (Å²) in [6, 6.07) is 6.13. The first kappa shape index (κ1) is 24.1. The fourth-order valence-electron chi connectivity index (χ4n) is 4.61. The molecule has 2 heterocycles. The van der Waals surface area contributed by atoms with Crippen LogP contribution in [-0.4, -0.2) is 39.6 Å². The molecule has 1 fully saturated rings. The maximum absolute atomic E-state index is 14.3. The molecule has 0 saturated heterocycles. The molecule has 1 aromatic carbocycles. The van der Waals surface area contributed by atoms with E-state index in [1.165, 1.54) is 30.7 Å². The van der Waals surface area contributed by atoms with Crippen molar-refractivity contribution in [3.05, 3.63) is 65.1 Å². The van der Waals surface area contributed by atoms with Crippen molar-refractivity contribution in [1.82, 2.24) is 19.9 Å². The summed E-state index contributed by atoms with van der Waals surface area (Å²) in [7, 11) is 1.60. The summed E-state index contributed by atoms with van der Waals surface area (Å²) in [5.74, 6) is -0.483. The first-order valence-corrected chi connectivity index (χ1v) is 11.5. The van der Waals surface area contributed by atoms with Gasteiger partial charge in [0.1, 0.15) is 23.7 Å². The first-order chi connectivity index (χ1) is 16.9. The first-order valence-electron chi connectivity index (χ1n) is 11.5. The van der Waals surface area contributed by atoms with Crippen molar-refractivity contribution in [3.8, 4) is 0 Å². The maximum Gasteiger partial charge on any atom is 0.272 e. The van der Waals surface area contributed by atoms with E-state index in [1.54, 1.807) is 23.7 Å². The second-order valence-electron chi connectivity index (χ2n) is 8.57. The van der Waals surface area contributed by atoms with Crippen LogP contribution in [0.5, 0.6) is 0 Å². The second kappa shape index (κ2) is 10.5. The molecule has 182 valence electrons. The molecule has 5 N–H and O–H groups in total. The van der Waals surface area contributed by atoms with Crippen LogP contribution in [0, 0.1) is 5.82 Å². The molecular weight excluding hydrogens is 449 g/mol. The molecule has 0 spiro atoms. The van der Waals surface area contributed by atoms with Crippen molar-refractivity contribution >= 4 is 34.6 Å². The van der Waals surface area contributed by atoms with Gasteiger partial charge in [-0.3, -0.25) is 14.6 Å². The lowest BCUT2D eigenvalue weighted by atomic mass is 10.0. The Hall–Kier alpha value is -4.08. The van der Waals surface area contributed by atoms with Crippen molar-refractivity contribution in [3.63, 3.8) is 0 Å². The average Bonchev–Trinajstić information content (AvgIpc) is 3.48. The smallest absolute Gasteiger partial charge is 0.272 e. The van der Waals surface area contributed by atoms with Gasteiger partial charge in [0, 0.05) is 43.7 Å². The number of aliphatic imine (C=N–C) groups is 1. The minimum absolute atomic E-state index is 0.0578. The van der Waals surface area contributed by atoms with Gasteiger partial charge in [0.25, 0.3) is 5.91 Å².